The smallest absolute Gasteiger partial charge is 0.209 e. The monoisotopic (exact) mass is 881 g/mol. The fraction of sp³-hybridized carbons (Fsp3) is 0.596. The van der Waals surface area contributed by atoms with E-state index in [1.165, 1.54) is 30.4 Å². The Morgan fingerprint density at radius 1 is 1.08 bits per heavy atom. The lowest BCUT2D eigenvalue weighted by Gasteiger charge is -2.36. The fourth-order valence-corrected chi connectivity index (χ4v) is 8.63. The van der Waals surface area contributed by atoms with Gasteiger partial charge in [0.05, 0.1) is 17.4 Å². The lowest BCUT2D eigenvalue weighted by Crippen LogP contribution is -2.36. The Hall–Kier alpha value is -3.94. The first-order chi connectivity index (χ1) is 29.4. The summed E-state index contributed by atoms with van der Waals surface area (Å²) in [6, 6.07) is 5.63. The number of allylic oxidation sites excluding steroid dienone is 8. The van der Waals surface area contributed by atoms with Crippen LogP contribution in [0.2, 0.25) is 0 Å². The topological polar surface area (TPSA) is 68.9 Å². The van der Waals surface area contributed by atoms with Crippen LogP contribution in [0.3, 0.4) is 0 Å². The maximum Gasteiger partial charge on any atom is 0.209 e. The van der Waals surface area contributed by atoms with E-state index in [1.807, 2.05) is 40.7 Å². The second kappa shape index (κ2) is 28.0. The number of benzene rings is 1. The number of ether oxygens (including phenoxy) is 1. The number of likely N-dealkylation sites (tertiary alicyclic amines) is 1. The number of methoxy groups -OCH3 is 1. The van der Waals surface area contributed by atoms with Gasteiger partial charge in [0.2, 0.25) is 5.88 Å². The van der Waals surface area contributed by atoms with E-state index in [4.69, 9.17) is 9.73 Å². The highest BCUT2D eigenvalue weighted by Crippen LogP contribution is 2.47. The molecule has 1 fully saturated rings. The summed E-state index contributed by atoms with van der Waals surface area (Å²) in [6.07, 6.45) is 10.1. The van der Waals surface area contributed by atoms with Gasteiger partial charge in [0.15, 0.2) is 11.6 Å². The van der Waals surface area contributed by atoms with E-state index in [0.29, 0.717) is 63.0 Å². The van der Waals surface area contributed by atoms with Crippen LogP contribution in [0.1, 0.15) is 157 Å². The lowest BCUT2D eigenvalue weighted by atomic mass is 9.79. The molecule has 62 heavy (non-hydrogen) atoms. The molecule has 1 aromatic carbocycles. The minimum absolute atomic E-state index is 0.0152. The number of carbonyl (C=O) groups is 1. The molecular weight excluding hydrogens is 802 g/mol. The molecule has 4 unspecified atom stereocenters. The lowest BCUT2D eigenvalue weighted by molar-refractivity contribution is -0.112. The first-order valence-corrected chi connectivity index (χ1v) is 23.7. The summed E-state index contributed by atoms with van der Waals surface area (Å²) in [5.41, 5.74) is 3.97. The second-order valence-corrected chi connectivity index (χ2v) is 17.8. The Labute approximate surface area is 378 Å². The van der Waals surface area contributed by atoms with E-state index in [9.17, 15) is 14.4 Å². The van der Waals surface area contributed by atoms with Crippen LogP contribution >= 0.6 is 11.3 Å². The molecule has 10 heteroatoms. The summed E-state index contributed by atoms with van der Waals surface area (Å²) in [4.78, 5) is 19.8. The van der Waals surface area contributed by atoms with E-state index in [1.54, 1.807) is 13.2 Å². The number of aliphatic imine (C=N–C) groups is 1. The first kappa shape index (κ1) is 56.1. The van der Waals surface area contributed by atoms with Gasteiger partial charge in [-0.25, -0.2) is 18.2 Å². The van der Waals surface area contributed by atoms with Crippen LogP contribution < -0.4 is 0 Å². The highest BCUT2D eigenvalue weighted by atomic mass is 32.1. The van der Waals surface area contributed by atoms with Gasteiger partial charge in [0.25, 0.3) is 0 Å². The minimum atomic E-state index is -0.546. The highest BCUT2D eigenvalue weighted by molar-refractivity contribution is 7.19. The molecule has 0 bridgehead atoms. The molecule has 4 rings (SSSR count). The van der Waals surface area contributed by atoms with Crippen molar-refractivity contribution in [1.82, 2.24) is 9.80 Å². The number of carbonyl (C=O) groups excluding carboxylic acids is 1. The number of hydrogen-bond acceptors (Lipinski definition) is 7. The molecule has 1 aliphatic carbocycles. The van der Waals surface area contributed by atoms with E-state index in [0.717, 1.165) is 61.3 Å². The summed E-state index contributed by atoms with van der Waals surface area (Å²) < 4.78 is 51.3. The summed E-state index contributed by atoms with van der Waals surface area (Å²) in [5, 5.41) is 10.8. The molecule has 6 nitrogen and oxygen atoms in total. The van der Waals surface area contributed by atoms with Gasteiger partial charge in [-0.05, 0) is 112 Å². The number of nitrogens with zero attached hydrogens (tertiary/aromatic N) is 4. The van der Waals surface area contributed by atoms with Gasteiger partial charge in [0.1, 0.15) is 23.8 Å². The molecule has 1 saturated heterocycles. The summed E-state index contributed by atoms with van der Waals surface area (Å²) >= 11 is 1.29. The van der Waals surface area contributed by atoms with Crippen LogP contribution in [0.5, 0.6) is 0 Å². The summed E-state index contributed by atoms with van der Waals surface area (Å²) in [6.45, 7) is 34.6. The largest absolute Gasteiger partial charge is 0.481 e. The van der Waals surface area contributed by atoms with E-state index >= 15 is 8.78 Å². The SMILES string of the molecule is C=CC(C)=O.CC.CC/C=C(/N=C1/C(F)=C(c2ccc(F)c3sc(C(C)C)c(C#N)c23)C(C(C)CC)=C/C1=C(/C)N(C)C(CCC(C)CC)C(C)C)OC.CCN1CCC(F)C1. The van der Waals surface area contributed by atoms with Gasteiger partial charge >= 0.3 is 0 Å². The van der Waals surface area contributed by atoms with Gasteiger partial charge in [-0.2, -0.15) is 5.26 Å². The Kier molecular flexibility index (Phi) is 25.3. The maximum absolute atomic E-state index is 17.6. The van der Waals surface area contributed by atoms with Gasteiger partial charge in [0, 0.05) is 53.3 Å². The van der Waals surface area contributed by atoms with Crippen molar-refractivity contribution in [3.05, 3.63) is 87.3 Å². The zero-order valence-electron chi connectivity index (χ0n) is 41.1. The minimum Gasteiger partial charge on any atom is -0.481 e. The number of thiophene rings is 1. The molecule has 1 aliphatic heterocycles. The van der Waals surface area contributed by atoms with Gasteiger partial charge < -0.3 is 14.5 Å². The van der Waals surface area contributed by atoms with Gasteiger partial charge in [-0.15, -0.1) is 11.3 Å². The van der Waals surface area contributed by atoms with Crippen molar-refractivity contribution in [2.45, 2.75) is 154 Å². The average Bonchev–Trinajstić information content (AvgIpc) is 3.88. The second-order valence-electron chi connectivity index (χ2n) is 16.7. The van der Waals surface area contributed by atoms with Crippen molar-refractivity contribution in [3.63, 3.8) is 0 Å². The van der Waals surface area contributed by atoms with E-state index in [2.05, 4.69) is 91.0 Å². The quantitative estimate of drug-likeness (QED) is 0.124. The predicted molar refractivity (Wildman–Crippen MR) is 261 cm³/mol. The highest BCUT2D eigenvalue weighted by Gasteiger charge is 2.34. The predicted octanol–water partition coefficient (Wildman–Crippen LogP) is 14.9. The molecule has 4 atom stereocenters. The van der Waals surface area contributed by atoms with Gasteiger partial charge in [-0.3, -0.25) is 4.79 Å². The van der Waals surface area contributed by atoms with Crippen LogP contribution in [0.15, 0.2) is 70.5 Å². The third-order valence-electron chi connectivity index (χ3n) is 11.7. The number of fused-ring (bicyclic) bond motifs is 1. The normalized spacial score (nSPS) is 18.5. The molecule has 2 aliphatic rings. The number of alkyl halides is 1. The first-order valence-electron chi connectivity index (χ1n) is 22.9. The molecule has 0 spiro atoms. The van der Waals surface area contributed by atoms with Crippen LogP contribution in [0.25, 0.3) is 15.7 Å². The molecule has 0 amide bonds. The number of halogens is 3. The molecule has 2 heterocycles. The fourth-order valence-electron chi connectivity index (χ4n) is 7.45. The molecule has 0 saturated carbocycles. The average molecular weight is 881 g/mol. The number of ketones is 1. The van der Waals surface area contributed by atoms with Crippen molar-refractivity contribution in [1.29, 1.82) is 5.26 Å². The van der Waals surface area contributed by atoms with E-state index < -0.39 is 17.8 Å². The molecule has 1 aromatic heterocycles. The van der Waals surface area contributed by atoms with Crippen molar-refractivity contribution < 1.29 is 22.7 Å². The van der Waals surface area contributed by atoms with Crippen molar-refractivity contribution in [2.75, 3.05) is 33.8 Å². The van der Waals surface area contributed by atoms with Crippen LogP contribution in [-0.2, 0) is 9.53 Å². The third-order valence-corrected chi connectivity index (χ3v) is 13.2. The van der Waals surface area contributed by atoms with Crippen LogP contribution in [-0.4, -0.2) is 67.3 Å². The molecule has 0 N–H and O–H groups in total. The van der Waals surface area contributed by atoms with Crippen LogP contribution in [0.4, 0.5) is 13.2 Å². The van der Waals surface area contributed by atoms with Crippen molar-refractivity contribution in [2.24, 2.45) is 22.7 Å². The number of hydrogen-bond donors (Lipinski definition) is 0. The third kappa shape index (κ3) is 15.1. The van der Waals surface area contributed by atoms with E-state index in [-0.39, 0.29) is 29.4 Å². The van der Waals surface area contributed by atoms with Crippen molar-refractivity contribution in [3.8, 4) is 6.07 Å². The summed E-state index contributed by atoms with van der Waals surface area (Å²) in [5.74, 6) is 0.487. The molecule has 346 valence electrons. The Morgan fingerprint density at radius 3 is 2.15 bits per heavy atom. The Morgan fingerprint density at radius 2 is 1.71 bits per heavy atom. The molecule has 2 aromatic rings. The summed E-state index contributed by atoms with van der Waals surface area (Å²) in [7, 11) is 3.65. The Balaban J connectivity index is 0.00000109. The standard InChI is InChI=1S/C40H55F2N3OS.C6H12FN.C4H6O.C2H6/c1-13-16-34(46-12)44-38-30(27(10)45(11)33(23(4)5)20-17-25(8)14-2)21-29(26(9)15-3)35(37(38)42)28-18-19-32(41)40-36(28)31(22-43)39(47-40)24(6)7;1-2-8-4-3-6(7)5-8;1-3-4(2)5;1-2/h16,18-19,21,23-26,33H,13-15,17,20H2,1-12H3;6H,2-5H2,1H3;3H,1H2,2H3;1-2H3/b30-27+,34-16-,44-38+;;;. The van der Waals surface area contributed by atoms with Crippen molar-refractivity contribution >= 4 is 38.5 Å². The zero-order chi connectivity index (χ0) is 47.4. The number of nitriles is 1. The van der Waals surface area contributed by atoms with Gasteiger partial charge in [-0.1, -0.05) is 102 Å². The zero-order valence-corrected chi connectivity index (χ0v) is 41.9. The number of rotatable bonds is 16. The molecular formula is C52H79F3N4O2S. The molecule has 0 radical (unpaired) electrons. The maximum atomic E-state index is 17.6. The Bertz CT molecular complexity index is 1960. The van der Waals surface area contributed by atoms with Crippen LogP contribution in [0, 0.1) is 34.9 Å².